The molecule has 1 aromatic carbocycles. The van der Waals surface area contributed by atoms with E-state index < -0.39 is 0 Å². The zero-order chi connectivity index (χ0) is 19.0. The second-order valence-electron chi connectivity index (χ2n) is 9.14. The van der Waals surface area contributed by atoms with Crippen molar-refractivity contribution >= 4 is 16.9 Å². The summed E-state index contributed by atoms with van der Waals surface area (Å²) < 4.78 is 0. The van der Waals surface area contributed by atoms with E-state index in [1.807, 2.05) is 0 Å². The second-order valence-corrected chi connectivity index (χ2v) is 9.14. The average Bonchev–Trinajstić information content (AvgIpc) is 3.01. The summed E-state index contributed by atoms with van der Waals surface area (Å²) in [5, 5.41) is 7.61. The molecule has 27 heavy (non-hydrogen) atoms. The van der Waals surface area contributed by atoms with Gasteiger partial charge in [-0.05, 0) is 55.1 Å². The van der Waals surface area contributed by atoms with Gasteiger partial charge in [-0.1, -0.05) is 51.3 Å². The van der Waals surface area contributed by atoms with Crippen LogP contribution in [0.5, 0.6) is 0 Å². The fraction of sp³-hybridized carbons (Fsp3) is 0.609. The molecule has 0 aliphatic heterocycles. The van der Waals surface area contributed by atoms with E-state index in [1.165, 1.54) is 41.4 Å². The summed E-state index contributed by atoms with van der Waals surface area (Å²) in [6, 6.07) is 8.99. The van der Waals surface area contributed by atoms with E-state index in [1.54, 1.807) is 0 Å². The Morgan fingerprint density at radius 2 is 1.93 bits per heavy atom. The van der Waals surface area contributed by atoms with Crippen LogP contribution in [0.15, 0.2) is 24.3 Å². The second kappa shape index (κ2) is 7.21. The smallest absolute Gasteiger partial charge is 0.315 e. The number of carbonyl (C=O) groups is 1. The number of amides is 2. The molecule has 1 aromatic heterocycles. The molecule has 2 atom stereocenters. The van der Waals surface area contributed by atoms with Gasteiger partial charge in [0.2, 0.25) is 0 Å². The van der Waals surface area contributed by atoms with Gasteiger partial charge in [0.05, 0.1) is 0 Å². The number of aromatic nitrogens is 1. The molecule has 0 saturated heterocycles. The zero-order valence-corrected chi connectivity index (χ0v) is 16.9. The Kier molecular flexibility index (Phi) is 4.92. The van der Waals surface area contributed by atoms with Gasteiger partial charge in [0.15, 0.2) is 0 Å². The molecule has 2 aliphatic rings. The van der Waals surface area contributed by atoms with E-state index in [9.17, 15) is 4.79 Å². The van der Waals surface area contributed by atoms with Gasteiger partial charge in [-0.3, -0.25) is 0 Å². The Morgan fingerprint density at radius 1 is 1.19 bits per heavy atom. The number of hydrogen-bond donors (Lipinski definition) is 3. The summed E-state index contributed by atoms with van der Waals surface area (Å²) in [6.45, 7) is 7.68. The number of aromatic amines is 1. The van der Waals surface area contributed by atoms with Crippen LogP contribution in [0, 0.1) is 18.3 Å². The number of aryl methyl sites for hydroxylation is 1. The molecular formula is C23H33N3O. The quantitative estimate of drug-likeness (QED) is 0.665. The van der Waals surface area contributed by atoms with Crippen LogP contribution in [0.3, 0.4) is 0 Å². The molecular weight excluding hydrogens is 334 g/mol. The predicted molar refractivity (Wildman–Crippen MR) is 111 cm³/mol. The van der Waals surface area contributed by atoms with E-state index in [-0.39, 0.29) is 11.4 Å². The lowest BCUT2D eigenvalue weighted by Gasteiger charge is -2.22. The number of hydrogen-bond acceptors (Lipinski definition) is 1. The molecule has 0 radical (unpaired) electrons. The maximum Gasteiger partial charge on any atom is 0.315 e. The third-order valence-electron chi connectivity index (χ3n) is 6.99. The summed E-state index contributed by atoms with van der Waals surface area (Å²) in [5.41, 5.74) is 4.29. The first-order valence-corrected chi connectivity index (χ1v) is 10.6. The number of benzene rings is 1. The van der Waals surface area contributed by atoms with Gasteiger partial charge in [-0.15, -0.1) is 0 Å². The lowest BCUT2D eigenvalue weighted by atomic mass is 9.96. The molecule has 1 heterocycles. The number of fused-ring (bicyclic) bond motifs is 1. The van der Waals surface area contributed by atoms with E-state index in [2.05, 4.69) is 60.7 Å². The number of rotatable bonds is 5. The van der Waals surface area contributed by atoms with E-state index in [0.717, 1.165) is 25.8 Å². The molecule has 2 unspecified atom stereocenters. The molecule has 4 heteroatoms. The minimum atomic E-state index is 0.0141. The van der Waals surface area contributed by atoms with Crippen molar-refractivity contribution in [1.82, 2.24) is 15.6 Å². The Morgan fingerprint density at radius 3 is 2.70 bits per heavy atom. The van der Waals surface area contributed by atoms with Gasteiger partial charge >= 0.3 is 6.03 Å². The third kappa shape index (κ3) is 3.59. The van der Waals surface area contributed by atoms with Crippen LogP contribution in [-0.4, -0.2) is 23.6 Å². The minimum absolute atomic E-state index is 0.0141. The maximum absolute atomic E-state index is 12.2. The Bertz CT molecular complexity index is 816. The number of nitrogens with one attached hydrogen (secondary N) is 3. The zero-order valence-electron chi connectivity index (χ0n) is 16.9. The summed E-state index contributed by atoms with van der Waals surface area (Å²) >= 11 is 0. The Labute approximate surface area is 162 Å². The van der Waals surface area contributed by atoms with Gasteiger partial charge in [0.25, 0.3) is 0 Å². The first-order valence-electron chi connectivity index (χ1n) is 10.6. The van der Waals surface area contributed by atoms with Crippen LogP contribution < -0.4 is 10.6 Å². The van der Waals surface area contributed by atoms with Crippen molar-refractivity contribution in [3.8, 4) is 0 Å². The number of carbonyl (C=O) groups excluding carboxylic acids is 1. The highest BCUT2D eigenvalue weighted by atomic mass is 16.2. The predicted octanol–water partition coefficient (Wildman–Crippen LogP) is 5.24. The Hall–Kier alpha value is -1.97. The van der Waals surface area contributed by atoms with Crippen LogP contribution in [0.2, 0.25) is 0 Å². The Balaban J connectivity index is 1.34. The van der Waals surface area contributed by atoms with Crippen molar-refractivity contribution in [2.24, 2.45) is 11.3 Å². The molecule has 2 aliphatic carbocycles. The molecule has 146 valence electrons. The van der Waals surface area contributed by atoms with Crippen molar-refractivity contribution in [3.05, 3.63) is 35.5 Å². The fourth-order valence-electron chi connectivity index (χ4n) is 5.38. The lowest BCUT2D eigenvalue weighted by molar-refractivity contribution is 0.232. The average molecular weight is 368 g/mol. The summed E-state index contributed by atoms with van der Waals surface area (Å²) in [6.07, 6.45) is 7.09. The van der Waals surface area contributed by atoms with Gasteiger partial charge in [-0.2, -0.15) is 0 Å². The largest absolute Gasteiger partial charge is 0.358 e. The molecule has 2 amide bonds. The number of para-hydroxylation sites is 1. The number of H-pyrrole nitrogens is 1. The maximum atomic E-state index is 12.2. The van der Waals surface area contributed by atoms with Gasteiger partial charge in [0, 0.05) is 29.2 Å². The fourth-order valence-corrected chi connectivity index (χ4v) is 5.38. The highest BCUT2D eigenvalue weighted by Gasteiger charge is 2.58. The van der Waals surface area contributed by atoms with Crippen molar-refractivity contribution in [2.45, 2.75) is 71.3 Å². The summed E-state index contributed by atoms with van der Waals surface area (Å²) in [4.78, 5) is 15.7. The summed E-state index contributed by atoms with van der Waals surface area (Å²) in [7, 11) is 0. The van der Waals surface area contributed by atoms with Crippen LogP contribution >= 0.6 is 0 Å². The summed E-state index contributed by atoms with van der Waals surface area (Å²) in [5.74, 6) is 1.18. The highest BCUT2D eigenvalue weighted by molar-refractivity contribution is 5.86. The van der Waals surface area contributed by atoms with Crippen molar-refractivity contribution in [1.29, 1.82) is 0 Å². The van der Waals surface area contributed by atoms with Crippen molar-refractivity contribution < 1.29 is 4.79 Å². The first kappa shape index (κ1) is 18.4. The molecule has 3 N–H and O–H groups in total. The minimum Gasteiger partial charge on any atom is -0.358 e. The topological polar surface area (TPSA) is 56.9 Å². The number of urea groups is 1. The van der Waals surface area contributed by atoms with Gasteiger partial charge in [-0.25, -0.2) is 4.79 Å². The van der Waals surface area contributed by atoms with Crippen LogP contribution in [0.25, 0.3) is 10.9 Å². The lowest BCUT2D eigenvalue weighted by Crippen LogP contribution is -2.43. The van der Waals surface area contributed by atoms with E-state index in [0.29, 0.717) is 17.9 Å². The van der Waals surface area contributed by atoms with Gasteiger partial charge in [0.1, 0.15) is 0 Å². The molecule has 0 bridgehead atoms. The normalized spacial score (nSPS) is 24.7. The molecule has 4 nitrogen and oxygen atoms in total. The van der Waals surface area contributed by atoms with Crippen molar-refractivity contribution in [2.75, 3.05) is 6.54 Å². The molecule has 2 fully saturated rings. The molecule has 2 saturated carbocycles. The third-order valence-corrected chi connectivity index (χ3v) is 6.99. The first-order chi connectivity index (χ1) is 13.0. The van der Waals surface area contributed by atoms with Crippen LogP contribution in [-0.2, 0) is 0 Å². The standard InChI is InChI=1S/C23H33N3O/c1-15-20(17-11-7-8-12-19(17)25-15)21-18(23(21,2)3)13-14-24-22(27)26-16-9-5-4-6-10-16/h7-8,11-12,16,18,21,25H,4-6,9-10,13-14H2,1-3H3,(H2,24,26,27). The van der Waals surface area contributed by atoms with Crippen LogP contribution in [0.4, 0.5) is 4.79 Å². The van der Waals surface area contributed by atoms with Crippen LogP contribution in [0.1, 0.15) is 69.5 Å². The van der Waals surface area contributed by atoms with E-state index in [4.69, 9.17) is 0 Å². The van der Waals surface area contributed by atoms with E-state index >= 15 is 0 Å². The van der Waals surface area contributed by atoms with Gasteiger partial charge < -0.3 is 15.6 Å². The molecule has 4 rings (SSSR count). The van der Waals surface area contributed by atoms with Crippen molar-refractivity contribution in [3.63, 3.8) is 0 Å². The monoisotopic (exact) mass is 367 g/mol. The highest BCUT2D eigenvalue weighted by Crippen LogP contribution is 2.67. The SMILES string of the molecule is Cc1[nH]c2ccccc2c1C1C(CCNC(=O)NC2CCCCC2)C1(C)C. The molecule has 0 spiro atoms. The molecule has 2 aromatic rings.